The molecule has 2 aliphatic rings. The smallest absolute Gasteiger partial charge is 0.256 e. The maximum atomic E-state index is 12.4. The van der Waals surface area contributed by atoms with Gasteiger partial charge in [0.15, 0.2) is 0 Å². The van der Waals surface area contributed by atoms with E-state index in [4.69, 9.17) is 9.47 Å². The molecule has 1 aromatic carbocycles. The molecule has 134 valence electrons. The third kappa shape index (κ3) is 3.17. The van der Waals surface area contributed by atoms with Crippen LogP contribution >= 0.6 is 0 Å². The quantitative estimate of drug-likeness (QED) is 0.882. The number of nitrogens with one attached hydrogen (secondary N) is 1. The zero-order valence-corrected chi connectivity index (χ0v) is 14.4. The number of benzene rings is 1. The van der Waals surface area contributed by atoms with Gasteiger partial charge in [0.2, 0.25) is 0 Å². The number of H-pyrrole nitrogens is 1. The number of likely N-dealkylation sites (tertiary alicyclic amines) is 1. The highest BCUT2D eigenvalue weighted by Gasteiger charge is 2.34. The molecule has 2 saturated heterocycles. The van der Waals surface area contributed by atoms with E-state index in [1.54, 1.807) is 13.2 Å². The lowest BCUT2D eigenvalue weighted by molar-refractivity contribution is 0.0660. The summed E-state index contributed by atoms with van der Waals surface area (Å²) >= 11 is 0. The van der Waals surface area contributed by atoms with Gasteiger partial charge in [0.25, 0.3) is 5.56 Å². The first-order chi connectivity index (χ1) is 12.2. The van der Waals surface area contributed by atoms with Gasteiger partial charge in [0.05, 0.1) is 32.5 Å². The normalized spacial score (nSPS) is 25.5. The van der Waals surface area contributed by atoms with Gasteiger partial charge in [-0.2, -0.15) is 0 Å². The van der Waals surface area contributed by atoms with Gasteiger partial charge in [0.1, 0.15) is 5.75 Å². The third-order valence-corrected chi connectivity index (χ3v) is 5.53. The first-order valence-corrected chi connectivity index (χ1v) is 8.86. The molecule has 2 aliphatic heterocycles. The maximum absolute atomic E-state index is 12.4. The molecule has 4 rings (SSSR count). The van der Waals surface area contributed by atoms with Crippen LogP contribution in [0.1, 0.15) is 24.5 Å². The van der Waals surface area contributed by atoms with Gasteiger partial charge in [-0.15, -0.1) is 0 Å². The maximum Gasteiger partial charge on any atom is 0.256 e. The fourth-order valence-corrected chi connectivity index (χ4v) is 4.04. The Morgan fingerprint density at radius 2 is 2.04 bits per heavy atom. The summed E-state index contributed by atoms with van der Waals surface area (Å²) in [6.45, 7) is 2.87. The van der Waals surface area contributed by atoms with Crippen LogP contribution in [0.5, 0.6) is 5.75 Å². The van der Waals surface area contributed by atoms with Crippen molar-refractivity contribution in [1.82, 2.24) is 9.88 Å². The average molecular weight is 344 g/mol. The molecule has 2 atom stereocenters. The van der Waals surface area contributed by atoms with Crippen LogP contribution < -0.4 is 10.3 Å². The summed E-state index contributed by atoms with van der Waals surface area (Å²) in [7, 11) is 1.63. The van der Waals surface area contributed by atoms with Crippen molar-refractivity contribution >= 4 is 10.8 Å². The number of aliphatic hydroxyl groups is 1. The van der Waals surface area contributed by atoms with Crippen LogP contribution in [0.25, 0.3) is 10.8 Å². The Balaban J connectivity index is 1.53. The van der Waals surface area contributed by atoms with Crippen molar-refractivity contribution in [3.63, 3.8) is 0 Å². The molecule has 0 saturated carbocycles. The molecule has 2 aromatic rings. The molecule has 3 heterocycles. The summed E-state index contributed by atoms with van der Waals surface area (Å²) in [5.41, 5.74) is 0.950. The Kier molecular flexibility index (Phi) is 4.50. The number of piperidine rings is 1. The van der Waals surface area contributed by atoms with Gasteiger partial charge in [-0.3, -0.25) is 9.69 Å². The number of rotatable bonds is 3. The minimum absolute atomic E-state index is 0.0443. The van der Waals surface area contributed by atoms with Gasteiger partial charge in [-0.1, -0.05) is 0 Å². The molecule has 0 spiro atoms. The molecule has 0 aliphatic carbocycles. The molecule has 0 radical (unpaired) electrons. The lowest BCUT2D eigenvalue weighted by Crippen LogP contribution is -2.46. The second-order valence-electron chi connectivity index (χ2n) is 6.99. The predicted molar refractivity (Wildman–Crippen MR) is 95.3 cm³/mol. The van der Waals surface area contributed by atoms with Gasteiger partial charge in [0, 0.05) is 17.0 Å². The number of aromatic amines is 1. The van der Waals surface area contributed by atoms with Crippen molar-refractivity contribution in [2.75, 3.05) is 33.4 Å². The Morgan fingerprint density at radius 3 is 2.72 bits per heavy atom. The highest BCUT2D eigenvalue weighted by molar-refractivity contribution is 5.83. The van der Waals surface area contributed by atoms with Crippen LogP contribution in [-0.2, 0) is 4.74 Å². The summed E-state index contributed by atoms with van der Waals surface area (Å²) in [5, 5.41) is 11.6. The Bertz CT molecular complexity index is 811. The summed E-state index contributed by atoms with van der Waals surface area (Å²) < 4.78 is 10.6. The number of ether oxygens (including phenoxy) is 2. The molecule has 2 unspecified atom stereocenters. The molecule has 6 heteroatoms. The Morgan fingerprint density at radius 1 is 1.24 bits per heavy atom. The molecular weight excluding hydrogens is 320 g/mol. The fourth-order valence-electron chi connectivity index (χ4n) is 4.04. The average Bonchev–Trinajstić information content (AvgIpc) is 3.07. The van der Waals surface area contributed by atoms with E-state index in [0.717, 1.165) is 42.8 Å². The number of aromatic nitrogens is 1. The van der Waals surface area contributed by atoms with E-state index in [1.165, 1.54) is 0 Å². The summed E-state index contributed by atoms with van der Waals surface area (Å²) in [4.78, 5) is 17.8. The van der Waals surface area contributed by atoms with Crippen molar-refractivity contribution < 1.29 is 14.6 Å². The topological polar surface area (TPSA) is 74.8 Å². The van der Waals surface area contributed by atoms with Crippen LogP contribution in [0.15, 0.2) is 29.1 Å². The summed E-state index contributed by atoms with van der Waals surface area (Å²) in [5.74, 6) is 1.09. The first kappa shape index (κ1) is 16.6. The first-order valence-electron chi connectivity index (χ1n) is 8.86. The number of fused-ring (bicyclic) bond motifs is 1. The summed E-state index contributed by atoms with van der Waals surface area (Å²) in [6, 6.07) is 7.72. The standard InChI is InChI=1S/C19H24N2O4/c1-24-14-2-3-15-13(8-14)9-16(20-19(15)23)12-4-6-21(7-5-12)17-10-25-11-18(17)22/h2-3,8-9,12,17-18,22H,4-7,10-11H2,1H3,(H,20,23). The van der Waals surface area contributed by atoms with Crippen molar-refractivity contribution in [2.45, 2.75) is 30.9 Å². The molecule has 2 fully saturated rings. The Hall–Kier alpha value is -1.89. The van der Waals surface area contributed by atoms with Crippen LogP contribution in [-0.4, -0.2) is 60.5 Å². The third-order valence-electron chi connectivity index (χ3n) is 5.53. The zero-order chi connectivity index (χ0) is 17.4. The molecule has 0 amide bonds. The van der Waals surface area contributed by atoms with Gasteiger partial charge in [-0.05, 0) is 55.6 Å². The van der Waals surface area contributed by atoms with E-state index < -0.39 is 0 Å². The fraction of sp³-hybridized carbons (Fsp3) is 0.526. The van der Waals surface area contributed by atoms with Crippen LogP contribution in [0, 0.1) is 0 Å². The van der Waals surface area contributed by atoms with E-state index in [-0.39, 0.29) is 17.7 Å². The van der Waals surface area contributed by atoms with Crippen molar-refractivity contribution in [3.8, 4) is 5.75 Å². The van der Waals surface area contributed by atoms with E-state index in [0.29, 0.717) is 24.5 Å². The van der Waals surface area contributed by atoms with Gasteiger partial charge < -0.3 is 19.6 Å². The number of hydrogen-bond acceptors (Lipinski definition) is 5. The van der Waals surface area contributed by atoms with Gasteiger partial charge >= 0.3 is 0 Å². The highest BCUT2D eigenvalue weighted by atomic mass is 16.5. The second kappa shape index (κ2) is 6.78. The van der Waals surface area contributed by atoms with Crippen molar-refractivity contribution in [3.05, 3.63) is 40.3 Å². The zero-order valence-electron chi connectivity index (χ0n) is 14.4. The van der Waals surface area contributed by atoms with E-state index >= 15 is 0 Å². The van der Waals surface area contributed by atoms with Crippen LogP contribution in [0.3, 0.4) is 0 Å². The van der Waals surface area contributed by atoms with Crippen LogP contribution in [0.2, 0.25) is 0 Å². The van der Waals surface area contributed by atoms with Crippen molar-refractivity contribution in [2.24, 2.45) is 0 Å². The lowest BCUT2D eigenvalue weighted by atomic mass is 9.91. The highest BCUT2D eigenvalue weighted by Crippen LogP contribution is 2.30. The second-order valence-corrected chi connectivity index (χ2v) is 6.99. The van der Waals surface area contributed by atoms with E-state index in [1.807, 2.05) is 12.1 Å². The lowest BCUT2D eigenvalue weighted by Gasteiger charge is -2.36. The predicted octanol–water partition coefficient (Wildman–Crippen LogP) is 1.48. The molecule has 1 aromatic heterocycles. The monoisotopic (exact) mass is 344 g/mol. The number of hydrogen-bond donors (Lipinski definition) is 2. The van der Waals surface area contributed by atoms with Crippen molar-refractivity contribution in [1.29, 1.82) is 0 Å². The molecule has 25 heavy (non-hydrogen) atoms. The molecule has 2 N–H and O–H groups in total. The number of methoxy groups -OCH3 is 1. The Labute approximate surface area is 146 Å². The largest absolute Gasteiger partial charge is 0.497 e. The minimum atomic E-state index is -0.385. The SMILES string of the molecule is COc1ccc2c(=O)[nH]c(C3CCN(C4COCC4O)CC3)cc2c1. The molecular formula is C19H24N2O4. The number of aliphatic hydroxyl groups excluding tert-OH is 1. The van der Waals surface area contributed by atoms with E-state index in [9.17, 15) is 9.90 Å². The number of nitrogens with zero attached hydrogens (tertiary/aromatic N) is 1. The van der Waals surface area contributed by atoms with E-state index in [2.05, 4.69) is 16.0 Å². The van der Waals surface area contributed by atoms with Gasteiger partial charge in [-0.25, -0.2) is 0 Å². The molecule has 0 bridgehead atoms. The van der Waals surface area contributed by atoms with Crippen LogP contribution in [0.4, 0.5) is 0 Å². The number of pyridine rings is 1. The molecule has 6 nitrogen and oxygen atoms in total. The minimum Gasteiger partial charge on any atom is -0.497 e. The summed E-state index contributed by atoms with van der Waals surface area (Å²) in [6.07, 6.45) is 1.55.